The number of thiophene rings is 1. The first-order valence-electron chi connectivity index (χ1n) is 7.04. The molecule has 0 radical (unpaired) electrons. The fraction of sp³-hybridized carbons (Fsp3) is 0.0625. The van der Waals surface area contributed by atoms with E-state index in [9.17, 15) is 17.9 Å². The van der Waals surface area contributed by atoms with E-state index in [-0.39, 0.29) is 9.88 Å². The zero-order valence-corrected chi connectivity index (χ0v) is 14.6. The Bertz CT molecular complexity index is 923. The van der Waals surface area contributed by atoms with Crippen molar-refractivity contribution in [3.63, 3.8) is 0 Å². The number of methoxy groups -OCH3 is 1. The molecule has 130 valence electrons. The Kier molecular flexibility index (Phi) is 4.98. The maximum atomic E-state index is 14.0. The third-order valence-electron chi connectivity index (χ3n) is 3.39. The fourth-order valence-electron chi connectivity index (χ4n) is 2.27. The minimum absolute atomic E-state index is 0.109. The molecule has 0 bridgehead atoms. The lowest BCUT2D eigenvalue weighted by Gasteiger charge is -2.15. The molecular weight excluding hydrogens is 367 g/mol. The summed E-state index contributed by atoms with van der Waals surface area (Å²) in [6.45, 7) is 0. The van der Waals surface area contributed by atoms with Crippen molar-refractivity contribution < 1.29 is 22.7 Å². The van der Waals surface area contributed by atoms with Gasteiger partial charge in [-0.3, -0.25) is 4.55 Å². The monoisotopic (exact) mass is 380 g/mol. The molecule has 9 heteroatoms. The zero-order valence-electron chi connectivity index (χ0n) is 12.9. The third kappa shape index (κ3) is 3.48. The van der Waals surface area contributed by atoms with Gasteiger partial charge in [0.1, 0.15) is 5.00 Å². The quantitative estimate of drug-likeness (QED) is 0.519. The molecule has 25 heavy (non-hydrogen) atoms. The van der Waals surface area contributed by atoms with Crippen LogP contribution in [0.3, 0.4) is 0 Å². The Morgan fingerprint density at radius 1 is 1.32 bits per heavy atom. The van der Waals surface area contributed by atoms with Crippen LogP contribution in [0.4, 0.5) is 15.1 Å². The summed E-state index contributed by atoms with van der Waals surface area (Å²) in [4.78, 5) is 14.3. The van der Waals surface area contributed by atoms with Crippen LogP contribution >= 0.6 is 11.3 Å². The highest BCUT2D eigenvalue weighted by atomic mass is 32.2. The molecule has 0 amide bonds. The highest BCUT2D eigenvalue weighted by Crippen LogP contribution is 2.36. The van der Waals surface area contributed by atoms with Crippen LogP contribution in [0, 0.1) is 5.82 Å². The average Bonchev–Trinajstić information content (AvgIpc) is 3.22. The Labute approximate surface area is 149 Å². The third-order valence-corrected chi connectivity index (χ3v) is 5.30. The summed E-state index contributed by atoms with van der Waals surface area (Å²) in [5.41, 5.74) is 1.98. The lowest BCUT2D eigenvalue weighted by Crippen LogP contribution is -2.17. The number of rotatable bonds is 5. The van der Waals surface area contributed by atoms with Gasteiger partial charge < -0.3 is 9.72 Å². The number of nitrogens with one attached hydrogen (secondary N) is 1. The number of carbonyl (C=O) groups is 1. The summed E-state index contributed by atoms with van der Waals surface area (Å²) in [7, 11) is 1.14. The molecular formula is C16H13FN2O4S2. The molecule has 1 atom stereocenters. The van der Waals surface area contributed by atoms with Crippen molar-refractivity contribution in [3.8, 4) is 11.3 Å². The van der Waals surface area contributed by atoms with Gasteiger partial charge in [-0.1, -0.05) is 30.3 Å². The van der Waals surface area contributed by atoms with Crippen LogP contribution in [0.25, 0.3) is 11.3 Å². The number of benzene rings is 1. The predicted molar refractivity (Wildman–Crippen MR) is 94.8 cm³/mol. The fourth-order valence-corrected chi connectivity index (χ4v) is 3.95. The van der Waals surface area contributed by atoms with Gasteiger partial charge in [-0.25, -0.2) is 17.7 Å². The number of hydrogen-bond donors (Lipinski definition) is 2. The molecule has 1 aromatic carbocycles. The molecule has 0 aliphatic carbocycles. The summed E-state index contributed by atoms with van der Waals surface area (Å²) in [5, 5.41) is 0.109. The van der Waals surface area contributed by atoms with Gasteiger partial charge in [-0.15, -0.1) is 11.3 Å². The van der Waals surface area contributed by atoms with Crippen molar-refractivity contribution >= 4 is 39.3 Å². The number of carbonyl (C=O) groups excluding carboxylic acids is 1. The first-order valence-corrected chi connectivity index (χ1v) is 8.92. The number of anilines is 2. The standard InChI is InChI=1S/C16H13FN2O4S2/c1-23-16(20)15-12(17)8-14(24-15)19(25(21)22)11-7-13(18-9-11)10-5-3-2-4-6-10/h2-9,18H,1H3,(H,21,22). The first kappa shape index (κ1) is 17.3. The van der Waals surface area contributed by atoms with E-state index in [1.54, 1.807) is 6.07 Å². The van der Waals surface area contributed by atoms with Gasteiger partial charge in [0.25, 0.3) is 11.3 Å². The van der Waals surface area contributed by atoms with Gasteiger partial charge in [-0.05, 0) is 11.6 Å². The van der Waals surface area contributed by atoms with Gasteiger partial charge in [0.15, 0.2) is 10.7 Å². The summed E-state index contributed by atoms with van der Waals surface area (Å²) < 4.78 is 40.9. The van der Waals surface area contributed by atoms with Gasteiger partial charge in [-0.2, -0.15) is 0 Å². The molecule has 2 aromatic heterocycles. The van der Waals surface area contributed by atoms with Crippen molar-refractivity contribution in [2.45, 2.75) is 0 Å². The highest BCUT2D eigenvalue weighted by Gasteiger charge is 2.24. The molecule has 0 saturated heterocycles. The largest absolute Gasteiger partial charge is 0.465 e. The van der Waals surface area contributed by atoms with Crippen LogP contribution in [0.5, 0.6) is 0 Å². The van der Waals surface area contributed by atoms with Crippen molar-refractivity contribution in [1.82, 2.24) is 4.98 Å². The molecule has 1 unspecified atom stereocenters. The van der Waals surface area contributed by atoms with E-state index in [0.29, 0.717) is 5.69 Å². The SMILES string of the molecule is COC(=O)c1sc(N(c2c[nH]c(-c3ccccc3)c2)S(=O)O)cc1F. The molecule has 6 nitrogen and oxygen atoms in total. The number of aromatic nitrogens is 1. The first-order chi connectivity index (χ1) is 12.0. The van der Waals surface area contributed by atoms with Crippen LogP contribution in [-0.2, 0) is 16.0 Å². The van der Waals surface area contributed by atoms with Crippen molar-refractivity contribution in [2.24, 2.45) is 0 Å². The van der Waals surface area contributed by atoms with Gasteiger partial charge in [0.2, 0.25) is 0 Å². The lowest BCUT2D eigenvalue weighted by atomic mass is 10.1. The number of H-pyrrole nitrogens is 1. The number of nitrogens with zero attached hydrogens (tertiary/aromatic N) is 1. The van der Waals surface area contributed by atoms with Crippen LogP contribution in [0.15, 0.2) is 48.7 Å². The van der Waals surface area contributed by atoms with Crippen LogP contribution in [-0.4, -0.2) is 26.8 Å². The molecule has 3 rings (SSSR count). The molecule has 0 aliphatic rings. The van der Waals surface area contributed by atoms with Gasteiger partial charge >= 0.3 is 5.97 Å². The van der Waals surface area contributed by atoms with Crippen molar-refractivity contribution in [3.05, 3.63) is 59.4 Å². The molecule has 2 N–H and O–H groups in total. The number of halogens is 1. The Morgan fingerprint density at radius 3 is 2.68 bits per heavy atom. The molecule has 0 aliphatic heterocycles. The summed E-state index contributed by atoms with van der Waals surface area (Å²) in [6, 6.07) is 12.1. The van der Waals surface area contributed by atoms with Gasteiger partial charge in [0, 0.05) is 18.0 Å². The van der Waals surface area contributed by atoms with Crippen molar-refractivity contribution in [1.29, 1.82) is 0 Å². The molecule has 0 fully saturated rings. The lowest BCUT2D eigenvalue weighted by molar-refractivity contribution is 0.0601. The smallest absolute Gasteiger partial charge is 0.351 e. The van der Waals surface area contributed by atoms with E-state index in [2.05, 4.69) is 9.72 Å². The number of esters is 1. The topological polar surface area (TPSA) is 82.6 Å². The van der Waals surface area contributed by atoms with Crippen LogP contribution in [0.1, 0.15) is 9.67 Å². The van der Waals surface area contributed by atoms with E-state index in [4.69, 9.17) is 0 Å². The molecule has 0 spiro atoms. The van der Waals surface area contributed by atoms with Crippen LogP contribution < -0.4 is 4.31 Å². The van der Waals surface area contributed by atoms with Gasteiger partial charge in [0.05, 0.1) is 12.8 Å². The van der Waals surface area contributed by atoms with E-state index in [1.165, 1.54) is 6.20 Å². The Balaban J connectivity index is 1.99. The summed E-state index contributed by atoms with van der Waals surface area (Å²) in [6.07, 6.45) is 1.53. The maximum absolute atomic E-state index is 14.0. The minimum atomic E-state index is -2.45. The van der Waals surface area contributed by atoms with Crippen LogP contribution in [0.2, 0.25) is 0 Å². The summed E-state index contributed by atoms with van der Waals surface area (Å²) in [5.74, 6) is -1.64. The zero-order chi connectivity index (χ0) is 18.0. The highest BCUT2D eigenvalue weighted by molar-refractivity contribution is 7.81. The van der Waals surface area contributed by atoms with E-state index < -0.39 is 23.1 Å². The minimum Gasteiger partial charge on any atom is -0.465 e. The predicted octanol–water partition coefficient (Wildman–Crippen LogP) is 3.94. The van der Waals surface area contributed by atoms with E-state index in [1.807, 2.05) is 30.3 Å². The van der Waals surface area contributed by atoms with Crippen molar-refractivity contribution in [2.75, 3.05) is 11.4 Å². The maximum Gasteiger partial charge on any atom is 0.351 e. The number of aromatic amines is 1. The number of hydrogen-bond acceptors (Lipinski definition) is 4. The normalized spacial score (nSPS) is 12.0. The second-order valence-corrected chi connectivity index (χ2v) is 6.77. The van der Waals surface area contributed by atoms with E-state index >= 15 is 0 Å². The Morgan fingerprint density at radius 2 is 2.04 bits per heavy atom. The second-order valence-electron chi connectivity index (χ2n) is 4.92. The second kappa shape index (κ2) is 7.18. The number of ether oxygens (including phenoxy) is 1. The van der Waals surface area contributed by atoms with E-state index in [0.717, 1.165) is 40.1 Å². The molecule has 2 heterocycles. The molecule has 3 aromatic rings. The Hall–Kier alpha value is -2.49. The average molecular weight is 380 g/mol. The summed E-state index contributed by atoms with van der Waals surface area (Å²) >= 11 is -1.72. The molecule has 0 saturated carbocycles.